The molecular formula is C15H22BrNO. The third kappa shape index (κ3) is 3.07. The highest BCUT2D eigenvalue weighted by atomic mass is 79.9. The van der Waals surface area contributed by atoms with Crippen LogP contribution in [0.1, 0.15) is 44.8 Å². The minimum absolute atomic E-state index is 0.403. The van der Waals surface area contributed by atoms with E-state index in [0.29, 0.717) is 0 Å². The average molecular weight is 312 g/mol. The summed E-state index contributed by atoms with van der Waals surface area (Å²) in [6.45, 7) is 6.38. The Labute approximate surface area is 118 Å². The molecule has 0 aromatic heterocycles. The number of aliphatic hydroxyl groups is 1. The summed E-state index contributed by atoms with van der Waals surface area (Å²) >= 11 is 3.64. The minimum atomic E-state index is -0.403. The zero-order chi connectivity index (χ0) is 13.1. The minimum Gasteiger partial charge on any atom is -0.389 e. The second kappa shape index (κ2) is 6.07. The second-order valence-corrected chi connectivity index (χ2v) is 6.10. The molecule has 2 atom stereocenters. The highest BCUT2D eigenvalue weighted by Gasteiger charge is 2.20. The molecule has 2 nitrogen and oxygen atoms in total. The van der Waals surface area contributed by atoms with E-state index in [2.05, 4.69) is 33.8 Å². The van der Waals surface area contributed by atoms with Crippen LogP contribution in [-0.2, 0) is 0 Å². The van der Waals surface area contributed by atoms with Gasteiger partial charge in [0.05, 0.1) is 11.8 Å². The van der Waals surface area contributed by atoms with E-state index in [4.69, 9.17) is 0 Å². The number of rotatable bonds is 3. The molecule has 1 unspecified atom stereocenters. The number of hydrogen-bond donors (Lipinski definition) is 1. The Morgan fingerprint density at radius 1 is 1.50 bits per heavy atom. The first-order chi connectivity index (χ1) is 8.61. The van der Waals surface area contributed by atoms with Crippen molar-refractivity contribution >= 4 is 21.6 Å². The van der Waals surface area contributed by atoms with Crippen LogP contribution in [0.25, 0.3) is 0 Å². The van der Waals surface area contributed by atoms with Gasteiger partial charge < -0.3 is 10.0 Å². The van der Waals surface area contributed by atoms with Crippen LogP contribution in [0.4, 0.5) is 5.69 Å². The van der Waals surface area contributed by atoms with Gasteiger partial charge in [-0.2, -0.15) is 0 Å². The number of benzene rings is 1. The standard InChI is InChI=1S/C15H22BrNO/c1-3-12-5-4-8-17(10-12)15-7-6-13(11(2)18)9-14(15)16/h6-7,9,11-12,18H,3-5,8,10H2,1-2H3/t11-,12?/m1/s1. The Morgan fingerprint density at radius 3 is 2.89 bits per heavy atom. The largest absolute Gasteiger partial charge is 0.389 e. The number of anilines is 1. The molecule has 0 spiro atoms. The smallest absolute Gasteiger partial charge is 0.0762 e. The molecule has 18 heavy (non-hydrogen) atoms. The highest BCUT2D eigenvalue weighted by molar-refractivity contribution is 9.10. The lowest BCUT2D eigenvalue weighted by molar-refractivity contribution is 0.199. The molecule has 0 saturated carbocycles. The first-order valence-corrected chi connectivity index (χ1v) is 7.63. The normalized spacial score (nSPS) is 22.0. The number of nitrogens with zero attached hydrogens (tertiary/aromatic N) is 1. The van der Waals surface area contributed by atoms with Crippen molar-refractivity contribution in [2.24, 2.45) is 5.92 Å². The van der Waals surface area contributed by atoms with Gasteiger partial charge in [0.1, 0.15) is 0 Å². The topological polar surface area (TPSA) is 23.5 Å². The molecule has 2 rings (SSSR count). The molecule has 1 aromatic carbocycles. The first-order valence-electron chi connectivity index (χ1n) is 6.84. The van der Waals surface area contributed by atoms with Crippen LogP contribution < -0.4 is 4.90 Å². The molecule has 0 aliphatic carbocycles. The van der Waals surface area contributed by atoms with Gasteiger partial charge in [0.25, 0.3) is 0 Å². The fourth-order valence-electron chi connectivity index (χ4n) is 2.66. The third-order valence-corrected chi connectivity index (χ3v) is 4.53. The van der Waals surface area contributed by atoms with Gasteiger partial charge in [-0.3, -0.25) is 0 Å². The van der Waals surface area contributed by atoms with Crippen LogP contribution in [0.5, 0.6) is 0 Å². The van der Waals surface area contributed by atoms with Crippen LogP contribution >= 0.6 is 15.9 Å². The summed E-state index contributed by atoms with van der Waals surface area (Å²) in [6.07, 6.45) is 3.50. The van der Waals surface area contributed by atoms with Gasteiger partial charge in [0.15, 0.2) is 0 Å². The summed E-state index contributed by atoms with van der Waals surface area (Å²) in [5.41, 5.74) is 2.23. The predicted molar refractivity (Wildman–Crippen MR) is 80.0 cm³/mol. The summed E-state index contributed by atoms with van der Waals surface area (Å²) in [5, 5.41) is 9.60. The summed E-state index contributed by atoms with van der Waals surface area (Å²) < 4.78 is 1.10. The number of piperidine rings is 1. The maximum absolute atomic E-state index is 9.60. The van der Waals surface area contributed by atoms with Gasteiger partial charge >= 0.3 is 0 Å². The summed E-state index contributed by atoms with van der Waals surface area (Å²) in [6, 6.07) is 6.19. The van der Waals surface area contributed by atoms with Crippen LogP contribution in [0.3, 0.4) is 0 Å². The summed E-state index contributed by atoms with van der Waals surface area (Å²) in [5.74, 6) is 0.821. The molecule has 1 aromatic rings. The van der Waals surface area contributed by atoms with Crippen LogP contribution in [0, 0.1) is 5.92 Å². The van der Waals surface area contributed by atoms with E-state index >= 15 is 0 Å². The van der Waals surface area contributed by atoms with Crippen LogP contribution in [0.2, 0.25) is 0 Å². The van der Waals surface area contributed by atoms with Gasteiger partial charge in [0, 0.05) is 17.6 Å². The third-order valence-electron chi connectivity index (χ3n) is 3.89. The molecule has 1 aliphatic heterocycles. The maximum atomic E-state index is 9.60. The van der Waals surface area contributed by atoms with Crippen molar-refractivity contribution in [3.63, 3.8) is 0 Å². The van der Waals surface area contributed by atoms with E-state index < -0.39 is 6.10 Å². The quantitative estimate of drug-likeness (QED) is 0.907. The average Bonchev–Trinajstić information content (AvgIpc) is 2.38. The van der Waals surface area contributed by atoms with Crippen LogP contribution in [0.15, 0.2) is 22.7 Å². The van der Waals surface area contributed by atoms with Gasteiger partial charge in [-0.15, -0.1) is 0 Å². The van der Waals surface area contributed by atoms with Gasteiger partial charge in [0.2, 0.25) is 0 Å². The molecule has 3 heteroatoms. The first kappa shape index (κ1) is 13.9. The Kier molecular flexibility index (Phi) is 4.68. The van der Waals surface area contributed by atoms with Crippen molar-refractivity contribution in [1.82, 2.24) is 0 Å². The molecule has 100 valence electrons. The van der Waals surface area contributed by atoms with Crippen molar-refractivity contribution in [2.75, 3.05) is 18.0 Å². The van der Waals surface area contributed by atoms with Crippen molar-refractivity contribution in [3.8, 4) is 0 Å². The van der Waals surface area contributed by atoms with Crippen molar-refractivity contribution in [1.29, 1.82) is 0 Å². The van der Waals surface area contributed by atoms with Gasteiger partial charge in [-0.05, 0) is 59.3 Å². The summed E-state index contributed by atoms with van der Waals surface area (Å²) in [7, 11) is 0. The van der Waals surface area contributed by atoms with E-state index in [1.807, 2.05) is 12.1 Å². The van der Waals surface area contributed by atoms with E-state index in [1.165, 1.54) is 24.9 Å². The lowest BCUT2D eigenvalue weighted by Gasteiger charge is -2.34. The van der Waals surface area contributed by atoms with E-state index in [9.17, 15) is 5.11 Å². The van der Waals surface area contributed by atoms with E-state index in [-0.39, 0.29) is 0 Å². The van der Waals surface area contributed by atoms with Gasteiger partial charge in [-0.25, -0.2) is 0 Å². The molecule has 1 saturated heterocycles. The van der Waals surface area contributed by atoms with Crippen molar-refractivity contribution < 1.29 is 5.11 Å². The zero-order valence-corrected chi connectivity index (χ0v) is 12.8. The monoisotopic (exact) mass is 311 g/mol. The SMILES string of the molecule is CCC1CCCN(c2ccc([C@@H](C)O)cc2Br)C1. The van der Waals surface area contributed by atoms with Crippen LogP contribution in [-0.4, -0.2) is 18.2 Å². The van der Waals surface area contributed by atoms with Crippen molar-refractivity contribution in [2.45, 2.75) is 39.2 Å². The predicted octanol–water partition coefficient (Wildman–Crippen LogP) is 4.13. The molecule has 0 bridgehead atoms. The highest BCUT2D eigenvalue weighted by Crippen LogP contribution is 2.32. The Bertz CT molecular complexity index is 405. The lowest BCUT2D eigenvalue weighted by atomic mass is 9.95. The fourth-order valence-corrected chi connectivity index (χ4v) is 3.30. The summed E-state index contributed by atoms with van der Waals surface area (Å²) in [4.78, 5) is 2.47. The number of halogens is 1. The Balaban J connectivity index is 2.17. The lowest BCUT2D eigenvalue weighted by Crippen LogP contribution is -2.35. The van der Waals surface area contributed by atoms with E-state index in [1.54, 1.807) is 6.92 Å². The van der Waals surface area contributed by atoms with Crippen molar-refractivity contribution in [3.05, 3.63) is 28.2 Å². The molecule has 0 amide bonds. The Hall–Kier alpha value is -0.540. The number of hydrogen-bond acceptors (Lipinski definition) is 2. The molecule has 0 radical (unpaired) electrons. The van der Waals surface area contributed by atoms with E-state index in [0.717, 1.165) is 29.0 Å². The fraction of sp³-hybridized carbons (Fsp3) is 0.600. The molecule has 1 fully saturated rings. The maximum Gasteiger partial charge on any atom is 0.0762 e. The Morgan fingerprint density at radius 2 is 2.28 bits per heavy atom. The molecular weight excluding hydrogens is 290 g/mol. The van der Waals surface area contributed by atoms with Gasteiger partial charge in [-0.1, -0.05) is 19.4 Å². The second-order valence-electron chi connectivity index (χ2n) is 5.25. The zero-order valence-electron chi connectivity index (χ0n) is 11.2. The molecule has 1 heterocycles. The molecule has 1 N–H and O–H groups in total. The molecule has 1 aliphatic rings. The number of aliphatic hydroxyl groups excluding tert-OH is 1.